The number of ether oxygens (including phenoxy) is 1. The number of likely N-dealkylation sites (N-methyl/N-ethyl adjacent to an activating group) is 1. The first-order chi connectivity index (χ1) is 12.2. The van der Waals surface area contributed by atoms with Crippen molar-refractivity contribution in [1.29, 1.82) is 0 Å². The van der Waals surface area contributed by atoms with E-state index in [0.29, 0.717) is 26.2 Å². The first kappa shape index (κ1) is 19.6. The minimum Gasteiger partial charge on any atom is -0.444 e. The molecule has 1 aromatic heterocycles. The number of carbonyl (C=O) groups is 3. The molecule has 26 heavy (non-hydrogen) atoms. The van der Waals surface area contributed by atoms with E-state index in [-0.39, 0.29) is 24.1 Å². The molecule has 0 saturated carbocycles. The van der Waals surface area contributed by atoms with Crippen LogP contribution in [0.2, 0.25) is 0 Å². The Bertz CT molecular complexity index is 651. The molecule has 1 aliphatic heterocycles. The van der Waals surface area contributed by atoms with Crippen LogP contribution in [0.15, 0.2) is 18.6 Å². The summed E-state index contributed by atoms with van der Waals surface area (Å²) in [5, 5.41) is 0. The maximum atomic E-state index is 12.4. The van der Waals surface area contributed by atoms with Gasteiger partial charge in [-0.1, -0.05) is 0 Å². The lowest BCUT2D eigenvalue weighted by atomic mass is 10.2. The summed E-state index contributed by atoms with van der Waals surface area (Å²) < 4.78 is 5.24. The smallest absolute Gasteiger partial charge is 0.410 e. The number of amides is 3. The van der Waals surface area contributed by atoms with E-state index >= 15 is 0 Å². The van der Waals surface area contributed by atoms with Crippen molar-refractivity contribution in [2.45, 2.75) is 26.4 Å². The monoisotopic (exact) mass is 363 g/mol. The average Bonchev–Trinajstić information content (AvgIpc) is 2.60. The van der Waals surface area contributed by atoms with E-state index in [2.05, 4.69) is 9.97 Å². The van der Waals surface area contributed by atoms with Gasteiger partial charge in [-0.15, -0.1) is 0 Å². The molecule has 0 spiro atoms. The van der Waals surface area contributed by atoms with E-state index in [1.165, 1.54) is 30.5 Å². The molecule has 2 heterocycles. The third-order valence-corrected chi connectivity index (χ3v) is 3.78. The molecular weight excluding hydrogens is 338 g/mol. The summed E-state index contributed by atoms with van der Waals surface area (Å²) in [5.74, 6) is -0.374. The van der Waals surface area contributed by atoms with Crippen LogP contribution in [0.5, 0.6) is 0 Å². The average molecular weight is 363 g/mol. The van der Waals surface area contributed by atoms with Gasteiger partial charge in [0.05, 0.1) is 6.20 Å². The fourth-order valence-electron chi connectivity index (χ4n) is 2.44. The van der Waals surface area contributed by atoms with E-state index in [1.54, 1.807) is 30.6 Å². The summed E-state index contributed by atoms with van der Waals surface area (Å²) in [7, 11) is 1.53. The number of hydrogen-bond acceptors (Lipinski definition) is 6. The molecule has 9 nitrogen and oxygen atoms in total. The van der Waals surface area contributed by atoms with Gasteiger partial charge in [-0.3, -0.25) is 14.6 Å². The quantitative estimate of drug-likeness (QED) is 0.781. The van der Waals surface area contributed by atoms with E-state index < -0.39 is 11.7 Å². The zero-order valence-electron chi connectivity index (χ0n) is 15.6. The summed E-state index contributed by atoms with van der Waals surface area (Å²) >= 11 is 0. The van der Waals surface area contributed by atoms with E-state index in [0.717, 1.165) is 0 Å². The number of piperazine rings is 1. The van der Waals surface area contributed by atoms with E-state index in [9.17, 15) is 14.4 Å². The van der Waals surface area contributed by atoms with Crippen LogP contribution in [0.25, 0.3) is 0 Å². The maximum Gasteiger partial charge on any atom is 0.410 e. The molecule has 0 atom stereocenters. The van der Waals surface area contributed by atoms with Crippen molar-refractivity contribution < 1.29 is 19.1 Å². The summed E-state index contributed by atoms with van der Waals surface area (Å²) in [6.45, 7) is 6.90. The highest BCUT2D eigenvalue weighted by molar-refractivity contribution is 5.92. The van der Waals surface area contributed by atoms with Gasteiger partial charge in [0, 0.05) is 45.6 Å². The molecule has 1 aliphatic rings. The van der Waals surface area contributed by atoms with Gasteiger partial charge in [0.1, 0.15) is 17.8 Å². The Balaban J connectivity index is 1.83. The standard InChI is InChI=1S/C17H25N5O4/c1-17(2,3)26-16(25)20(4)12-14(23)21-7-9-22(10-8-21)15(24)13-11-18-5-6-19-13/h5-6,11H,7-10,12H2,1-4H3. The fourth-order valence-corrected chi connectivity index (χ4v) is 2.44. The van der Waals surface area contributed by atoms with Gasteiger partial charge in [0.25, 0.3) is 5.91 Å². The Hall–Kier alpha value is -2.71. The predicted molar refractivity (Wildman–Crippen MR) is 93.4 cm³/mol. The molecule has 0 N–H and O–H groups in total. The molecule has 0 aromatic carbocycles. The molecule has 9 heteroatoms. The topological polar surface area (TPSA) is 95.9 Å². The highest BCUT2D eigenvalue weighted by Crippen LogP contribution is 2.10. The van der Waals surface area contributed by atoms with Crippen LogP contribution in [0, 0.1) is 0 Å². The van der Waals surface area contributed by atoms with Crippen LogP contribution in [0.4, 0.5) is 4.79 Å². The molecule has 1 aromatic rings. The van der Waals surface area contributed by atoms with Crippen molar-refractivity contribution in [3.8, 4) is 0 Å². The van der Waals surface area contributed by atoms with E-state index in [4.69, 9.17) is 4.74 Å². The number of hydrogen-bond donors (Lipinski definition) is 0. The van der Waals surface area contributed by atoms with Crippen molar-refractivity contribution in [2.75, 3.05) is 39.8 Å². The zero-order valence-corrected chi connectivity index (χ0v) is 15.6. The summed E-state index contributed by atoms with van der Waals surface area (Å²) in [4.78, 5) is 49.1. The second kappa shape index (κ2) is 8.11. The predicted octanol–water partition coefficient (Wildman–Crippen LogP) is 0.628. The van der Waals surface area contributed by atoms with Crippen molar-refractivity contribution in [1.82, 2.24) is 24.7 Å². The normalized spacial score (nSPS) is 14.8. The van der Waals surface area contributed by atoms with Gasteiger partial charge >= 0.3 is 6.09 Å². The SMILES string of the molecule is CN(CC(=O)N1CCN(C(=O)c2cnccn2)CC1)C(=O)OC(C)(C)C. The Morgan fingerprint density at radius 3 is 2.27 bits per heavy atom. The second-order valence-corrected chi connectivity index (χ2v) is 7.10. The van der Waals surface area contributed by atoms with Crippen LogP contribution in [-0.4, -0.2) is 87.9 Å². The van der Waals surface area contributed by atoms with Crippen LogP contribution in [-0.2, 0) is 9.53 Å². The largest absolute Gasteiger partial charge is 0.444 e. The molecule has 0 radical (unpaired) electrons. The van der Waals surface area contributed by atoms with Crippen LogP contribution in [0.3, 0.4) is 0 Å². The van der Waals surface area contributed by atoms with Crippen LogP contribution in [0.1, 0.15) is 31.3 Å². The molecule has 1 saturated heterocycles. The van der Waals surface area contributed by atoms with Gasteiger partial charge < -0.3 is 19.4 Å². The van der Waals surface area contributed by atoms with E-state index in [1.807, 2.05) is 0 Å². The third kappa shape index (κ3) is 5.40. The molecule has 0 aliphatic carbocycles. The summed E-state index contributed by atoms with van der Waals surface area (Å²) in [6, 6.07) is 0. The lowest BCUT2D eigenvalue weighted by Gasteiger charge is -2.35. The molecule has 142 valence electrons. The lowest BCUT2D eigenvalue weighted by molar-refractivity contribution is -0.133. The number of aromatic nitrogens is 2. The molecule has 0 unspecified atom stereocenters. The second-order valence-electron chi connectivity index (χ2n) is 7.10. The molecule has 2 rings (SSSR count). The highest BCUT2D eigenvalue weighted by Gasteiger charge is 2.27. The van der Waals surface area contributed by atoms with Gasteiger partial charge in [0.2, 0.25) is 5.91 Å². The summed E-state index contributed by atoms with van der Waals surface area (Å²) in [5.41, 5.74) is -0.322. The number of carbonyl (C=O) groups excluding carboxylic acids is 3. The summed E-state index contributed by atoms with van der Waals surface area (Å²) in [6.07, 6.45) is 3.87. The molecule has 3 amide bonds. The molecule has 1 fully saturated rings. The van der Waals surface area contributed by atoms with Gasteiger partial charge in [0.15, 0.2) is 0 Å². The van der Waals surface area contributed by atoms with Crippen LogP contribution >= 0.6 is 0 Å². The van der Waals surface area contributed by atoms with Gasteiger partial charge in [-0.25, -0.2) is 9.78 Å². The molecule has 0 bridgehead atoms. The lowest BCUT2D eigenvalue weighted by Crippen LogP contribution is -2.53. The highest BCUT2D eigenvalue weighted by atomic mass is 16.6. The first-order valence-corrected chi connectivity index (χ1v) is 8.44. The Morgan fingerprint density at radius 1 is 1.12 bits per heavy atom. The zero-order chi connectivity index (χ0) is 19.3. The minimum absolute atomic E-state index is 0.0625. The van der Waals surface area contributed by atoms with Crippen molar-refractivity contribution in [2.24, 2.45) is 0 Å². The third-order valence-electron chi connectivity index (χ3n) is 3.78. The minimum atomic E-state index is -0.610. The van der Waals surface area contributed by atoms with Crippen molar-refractivity contribution >= 4 is 17.9 Å². The first-order valence-electron chi connectivity index (χ1n) is 8.44. The Morgan fingerprint density at radius 2 is 1.73 bits per heavy atom. The number of nitrogens with zero attached hydrogens (tertiary/aromatic N) is 5. The maximum absolute atomic E-state index is 12.4. The van der Waals surface area contributed by atoms with Gasteiger partial charge in [-0.2, -0.15) is 0 Å². The van der Waals surface area contributed by atoms with Crippen molar-refractivity contribution in [3.05, 3.63) is 24.3 Å². The fraction of sp³-hybridized carbons (Fsp3) is 0.588. The van der Waals surface area contributed by atoms with Gasteiger partial charge in [-0.05, 0) is 20.8 Å². The van der Waals surface area contributed by atoms with Crippen LogP contribution < -0.4 is 0 Å². The Labute approximate surface area is 152 Å². The number of rotatable bonds is 3. The molecular formula is C17H25N5O4. The Kier molecular flexibility index (Phi) is 6.12. The van der Waals surface area contributed by atoms with Crippen molar-refractivity contribution in [3.63, 3.8) is 0 Å².